The second-order valence-corrected chi connectivity index (χ2v) is 4.98. The fourth-order valence-corrected chi connectivity index (χ4v) is 2.22. The van der Waals surface area contributed by atoms with Gasteiger partial charge in [0.15, 0.2) is 0 Å². The number of benzene rings is 2. The molecule has 0 aromatic heterocycles. The van der Waals surface area contributed by atoms with E-state index in [0.29, 0.717) is 5.75 Å². The molecule has 0 spiro atoms. The Kier molecular flexibility index (Phi) is 4.35. The second-order valence-electron chi connectivity index (χ2n) is 4.12. The number of hydrogen-bond donors (Lipinski definition) is 1. The minimum absolute atomic E-state index is 0.0123. The first-order valence-corrected chi connectivity index (χ1v) is 6.47. The lowest BCUT2D eigenvalue weighted by Gasteiger charge is -2.16. The summed E-state index contributed by atoms with van der Waals surface area (Å²) in [5, 5.41) is 0. The molecule has 2 N–H and O–H groups in total. The molecular weight excluding hydrogens is 335 g/mol. The molecule has 1 unspecified atom stereocenters. The maximum absolute atomic E-state index is 14.0. The van der Waals surface area contributed by atoms with E-state index < -0.39 is 23.5 Å². The summed E-state index contributed by atoms with van der Waals surface area (Å²) in [6.45, 7) is 0. The molecule has 0 bridgehead atoms. The van der Waals surface area contributed by atoms with Crippen molar-refractivity contribution in [1.82, 2.24) is 0 Å². The summed E-state index contributed by atoms with van der Waals surface area (Å²) in [5.41, 5.74) is 5.40. The largest absolute Gasteiger partial charge is 0.497 e. The number of hydrogen-bond acceptors (Lipinski definition) is 2. The van der Waals surface area contributed by atoms with Crippen LogP contribution < -0.4 is 10.5 Å². The zero-order chi connectivity index (χ0) is 14.9. The molecule has 2 nitrogen and oxygen atoms in total. The Labute approximate surface area is 122 Å². The van der Waals surface area contributed by atoms with Crippen molar-refractivity contribution in [3.63, 3.8) is 0 Å². The van der Waals surface area contributed by atoms with Gasteiger partial charge in [-0.1, -0.05) is 6.07 Å². The lowest BCUT2D eigenvalue weighted by molar-refractivity contribution is 0.410. The van der Waals surface area contributed by atoms with Crippen molar-refractivity contribution in [2.24, 2.45) is 5.73 Å². The van der Waals surface area contributed by atoms with Gasteiger partial charge in [-0.15, -0.1) is 0 Å². The lowest BCUT2D eigenvalue weighted by Crippen LogP contribution is -2.17. The third kappa shape index (κ3) is 2.66. The highest BCUT2D eigenvalue weighted by molar-refractivity contribution is 9.10. The van der Waals surface area contributed by atoms with Crippen LogP contribution >= 0.6 is 15.9 Å². The molecule has 0 saturated heterocycles. The highest BCUT2D eigenvalue weighted by Gasteiger charge is 2.23. The molecule has 2 aromatic carbocycles. The van der Waals surface area contributed by atoms with Gasteiger partial charge in [0.05, 0.1) is 17.6 Å². The summed E-state index contributed by atoms with van der Waals surface area (Å²) in [6.07, 6.45) is 0. The summed E-state index contributed by atoms with van der Waals surface area (Å²) >= 11 is 2.95. The quantitative estimate of drug-likeness (QED) is 0.855. The first-order chi connectivity index (χ1) is 9.45. The van der Waals surface area contributed by atoms with Crippen LogP contribution in [-0.4, -0.2) is 7.11 Å². The number of nitrogens with two attached hydrogens (primary N) is 1. The molecule has 0 aliphatic rings. The van der Waals surface area contributed by atoms with E-state index in [0.717, 1.165) is 12.1 Å². The first kappa shape index (κ1) is 14.9. The second kappa shape index (κ2) is 5.85. The maximum atomic E-state index is 14.0. The highest BCUT2D eigenvalue weighted by atomic mass is 79.9. The Bertz CT molecular complexity index is 649. The molecule has 0 heterocycles. The maximum Gasteiger partial charge on any atom is 0.145 e. The van der Waals surface area contributed by atoms with Crippen LogP contribution in [-0.2, 0) is 0 Å². The van der Waals surface area contributed by atoms with Crippen LogP contribution in [0.4, 0.5) is 13.2 Å². The van der Waals surface area contributed by atoms with E-state index >= 15 is 0 Å². The van der Waals surface area contributed by atoms with Crippen molar-refractivity contribution in [3.8, 4) is 5.75 Å². The molecule has 0 saturated carbocycles. The first-order valence-electron chi connectivity index (χ1n) is 5.68. The van der Waals surface area contributed by atoms with Gasteiger partial charge in [-0.2, -0.15) is 0 Å². The van der Waals surface area contributed by atoms with Crippen molar-refractivity contribution in [1.29, 1.82) is 0 Å². The number of rotatable bonds is 3. The van der Waals surface area contributed by atoms with Crippen molar-refractivity contribution in [3.05, 3.63) is 63.4 Å². The van der Waals surface area contributed by atoms with Crippen molar-refractivity contribution in [2.45, 2.75) is 6.04 Å². The van der Waals surface area contributed by atoms with Gasteiger partial charge in [0, 0.05) is 17.2 Å². The van der Waals surface area contributed by atoms with Crippen LogP contribution in [0, 0.1) is 17.5 Å². The van der Waals surface area contributed by atoms with E-state index in [1.165, 1.54) is 25.3 Å². The SMILES string of the molecule is COc1ccc(C(N)c2c(F)ccc(Br)c2F)c(F)c1. The minimum Gasteiger partial charge on any atom is -0.497 e. The van der Waals surface area contributed by atoms with Crippen LogP contribution in [0.1, 0.15) is 17.2 Å². The summed E-state index contributed by atoms with van der Waals surface area (Å²) in [4.78, 5) is 0. The average Bonchev–Trinajstić information content (AvgIpc) is 2.43. The van der Waals surface area contributed by atoms with E-state index in [4.69, 9.17) is 10.5 Å². The van der Waals surface area contributed by atoms with Crippen LogP contribution in [0.15, 0.2) is 34.8 Å². The molecule has 2 rings (SSSR count). The molecule has 0 aliphatic heterocycles. The average molecular weight is 346 g/mol. The van der Waals surface area contributed by atoms with Gasteiger partial charge >= 0.3 is 0 Å². The van der Waals surface area contributed by atoms with Crippen molar-refractivity contribution >= 4 is 15.9 Å². The number of ether oxygens (including phenoxy) is 1. The standard InChI is InChI=1S/C14H11BrF3NO/c1-20-7-2-3-8(11(17)6-7)14(19)12-10(16)5-4-9(15)13(12)18/h2-6,14H,19H2,1H3. The molecule has 1 atom stereocenters. The monoisotopic (exact) mass is 345 g/mol. The molecule has 0 radical (unpaired) electrons. The highest BCUT2D eigenvalue weighted by Crippen LogP contribution is 2.31. The fourth-order valence-electron chi connectivity index (χ4n) is 1.87. The van der Waals surface area contributed by atoms with Crippen molar-refractivity contribution in [2.75, 3.05) is 7.11 Å². The Morgan fingerprint density at radius 3 is 2.40 bits per heavy atom. The predicted molar refractivity (Wildman–Crippen MR) is 73.0 cm³/mol. The van der Waals surface area contributed by atoms with E-state index in [1.807, 2.05) is 0 Å². The Balaban J connectivity index is 2.52. The van der Waals surface area contributed by atoms with Crippen LogP contribution in [0.2, 0.25) is 0 Å². The summed E-state index contributed by atoms with van der Waals surface area (Å²) in [5.74, 6) is -2.05. The number of halogens is 4. The van der Waals surface area contributed by atoms with Gasteiger partial charge in [-0.05, 0) is 34.1 Å². The number of methoxy groups -OCH3 is 1. The Morgan fingerprint density at radius 2 is 1.80 bits per heavy atom. The third-order valence-electron chi connectivity index (χ3n) is 2.93. The Hall–Kier alpha value is -1.53. The van der Waals surface area contributed by atoms with Gasteiger partial charge in [0.25, 0.3) is 0 Å². The summed E-state index contributed by atoms with van der Waals surface area (Å²) < 4.78 is 46.6. The van der Waals surface area contributed by atoms with Crippen LogP contribution in [0.25, 0.3) is 0 Å². The fraction of sp³-hybridized carbons (Fsp3) is 0.143. The topological polar surface area (TPSA) is 35.2 Å². The molecule has 0 fully saturated rings. The molecular formula is C14H11BrF3NO. The van der Waals surface area contributed by atoms with Crippen LogP contribution in [0.3, 0.4) is 0 Å². The van der Waals surface area contributed by atoms with E-state index in [1.54, 1.807) is 0 Å². The van der Waals surface area contributed by atoms with Crippen LogP contribution in [0.5, 0.6) is 5.75 Å². The van der Waals surface area contributed by atoms with Gasteiger partial charge in [0.1, 0.15) is 23.2 Å². The lowest BCUT2D eigenvalue weighted by atomic mass is 9.98. The van der Waals surface area contributed by atoms with Gasteiger partial charge in [0.2, 0.25) is 0 Å². The predicted octanol–water partition coefficient (Wildman–Crippen LogP) is 3.92. The third-order valence-corrected chi connectivity index (χ3v) is 3.55. The van der Waals surface area contributed by atoms with E-state index in [-0.39, 0.29) is 15.6 Å². The molecule has 0 amide bonds. The zero-order valence-electron chi connectivity index (χ0n) is 10.5. The minimum atomic E-state index is -1.25. The molecule has 20 heavy (non-hydrogen) atoms. The molecule has 106 valence electrons. The molecule has 6 heteroatoms. The van der Waals surface area contributed by atoms with Gasteiger partial charge in [-0.3, -0.25) is 0 Å². The Morgan fingerprint density at radius 1 is 1.10 bits per heavy atom. The zero-order valence-corrected chi connectivity index (χ0v) is 12.0. The van der Waals surface area contributed by atoms with E-state index in [9.17, 15) is 13.2 Å². The normalized spacial score (nSPS) is 12.3. The molecule has 0 aliphatic carbocycles. The summed E-state index contributed by atoms with van der Waals surface area (Å²) in [6, 6.07) is 4.99. The van der Waals surface area contributed by atoms with E-state index in [2.05, 4.69) is 15.9 Å². The van der Waals surface area contributed by atoms with Gasteiger partial charge < -0.3 is 10.5 Å². The molecule has 2 aromatic rings. The van der Waals surface area contributed by atoms with Crippen molar-refractivity contribution < 1.29 is 17.9 Å². The smallest absolute Gasteiger partial charge is 0.145 e. The summed E-state index contributed by atoms with van der Waals surface area (Å²) in [7, 11) is 1.39. The van der Waals surface area contributed by atoms with Gasteiger partial charge in [-0.25, -0.2) is 13.2 Å².